The first-order chi connectivity index (χ1) is 12.0. The molecule has 1 atom stereocenters. The van der Waals surface area contributed by atoms with Gasteiger partial charge in [0, 0.05) is 13.2 Å². The molecule has 0 bridgehead atoms. The van der Waals surface area contributed by atoms with Gasteiger partial charge >= 0.3 is 0 Å². The summed E-state index contributed by atoms with van der Waals surface area (Å²) in [5.41, 5.74) is 1.24. The van der Waals surface area contributed by atoms with Crippen molar-refractivity contribution in [3.63, 3.8) is 0 Å². The molecule has 25 heavy (non-hydrogen) atoms. The molecule has 0 aliphatic heterocycles. The van der Waals surface area contributed by atoms with Gasteiger partial charge < -0.3 is 4.74 Å². The largest absolute Gasteiger partial charge is 0.383 e. The van der Waals surface area contributed by atoms with Crippen molar-refractivity contribution in [3.05, 3.63) is 54.0 Å². The van der Waals surface area contributed by atoms with Crippen LogP contribution >= 0.6 is 11.3 Å². The van der Waals surface area contributed by atoms with Gasteiger partial charge in [-0.2, -0.15) is 5.10 Å². The van der Waals surface area contributed by atoms with Crippen molar-refractivity contribution in [1.82, 2.24) is 14.5 Å². The van der Waals surface area contributed by atoms with Crippen LogP contribution in [0.25, 0.3) is 16.3 Å². The molecule has 0 aliphatic carbocycles. The number of hydrogen-bond acceptors (Lipinski definition) is 5. The van der Waals surface area contributed by atoms with Crippen LogP contribution in [0.1, 0.15) is 6.92 Å². The standard InChI is InChI=1S/C17H19N3O3S2/c1-13(12-23-2)19-25(21,22)16-11-20(14-7-4-3-5-8-14)18-17(16)15-9-6-10-24-15/h3-11,13,19H,12H2,1-2H3. The van der Waals surface area contributed by atoms with E-state index in [0.717, 1.165) is 10.6 Å². The quantitative estimate of drug-likeness (QED) is 0.687. The van der Waals surface area contributed by atoms with Gasteiger partial charge in [-0.3, -0.25) is 0 Å². The molecule has 3 rings (SSSR count). The average Bonchev–Trinajstić information content (AvgIpc) is 3.25. The molecule has 2 heterocycles. The molecule has 6 nitrogen and oxygen atoms in total. The predicted molar refractivity (Wildman–Crippen MR) is 98.5 cm³/mol. The summed E-state index contributed by atoms with van der Waals surface area (Å²) in [7, 11) is -2.20. The number of thiophene rings is 1. The van der Waals surface area contributed by atoms with E-state index in [1.54, 1.807) is 17.8 Å². The van der Waals surface area contributed by atoms with Crippen molar-refractivity contribution >= 4 is 21.4 Å². The molecule has 1 N–H and O–H groups in total. The van der Waals surface area contributed by atoms with Crippen molar-refractivity contribution < 1.29 is 13.2 Å². The highest BCUT2D eigenvalue weighted by Crippen LogP contribution is 2.30. The minimum atomic E-state index is -3.73. The minimum Gasteiger partial charge on any atom is -0.383 e. The molecule has 8 heteroatoms. The molecular weight excluding hydrogens is 358 g/mol. The zero-order valence-electron chi connectivity index (χ0n) is 13.9. The predicted octanol–water partition coefficient (Wildman–Crippen LogP) is 2.91. The lowest BCUT2D eigenvalue weighted by Crippen LogP contribution is -2.35. The van der Waals surface area contributed by atoms with Crippen LogP contribution in [0, 0.1) is 0 Å². The summed E-state index contributed by atoms with van der Waals surface area (Å²) < 4.78 is 35.0. The van der Waals surface area contributed by atoms with Gasteiger partial charge in [0.2, 0.25) is 10.0 Å². The number of rotatable bonds is 7. The number of sulfonamides is 1. The Hall–Kier alpha value is -2.00. The second-order valence-electron chi connectivity index (χ2n) is 5.58. The monoisotopic (exact) mass is 377 g/mol. The molecule has 0 saturated heterocycles. The molecule has 3 aromatic rings. The van der Waals surface area contributed by atoms with Crippen LogP contribution in [-0.2, 0) is 14.8 Å². The molecule has 0 radical (unpaired) electrons. The van der Waals surface area contributed by atoms with Gasteiger partial charge in [0.1, 0.15) is 10.6 Å². The van der Waals surface area contributed by atoms with Crippen LogP contribution in [0.15, 0.2) is 58.9 Å². The SMILES string of the molecule is COCC(C)NS(=O)(=O)c1cn(-c2ccccc2)nc1-c1cccs1. The van der Waals surface area contributed by atoms with Gasteiger partial charge in [0.15, 0.2) is 0 Å². The first-order valence-corrected chi connectivity index (χ1v) is 10.1. The number of nitrogens with one attached hydrogen (secondary N) is 1. The van der Waals surface area contributed by atoms with E-state index in [4.69, 9.17) is 4.74 Å². The number of para-hydroxylation sites is 1. The highest BCUT2D eigenvalue weighted by molar-refractivity contribution is 7.89. The Morgan fingerprint density at radius 3 is 2.64 bits per heavy atom. The Labute approximate surface area is 151 Å². The summed E-state index contributed by atoms with van der Waals surface area (Å²) in [6, 6.07) is 12.8. The third-order valence-electron chi connectivity index (χ3n) is 3.52. The molecule has 0 aliphatic rings. The van der Waals surface area contributed by atoms with Crippen molar-refractivity contribution in [2.75, 3.05) is 13.7 Å². The lowest BCUT2D eigenvalue weighted by molar-refractivity contribution is 0.180. The fraction of sp³-hybridized carbons (Fsp3) is 0.235. The molecule has 2 aromatic heterocycles. The van der Waals surface area contributed by atoms with Crippen LogP contribution in [0.4, 0.5) is 0 Å². The summed E-state index contributed by atoms with van der Waals surface area (Å²) >= 11 is 1.45. The van der Waals surface area contributed by atoms with Crippen molar-refractivity contribution in [1.29, 1.82) is 0 Å². The molecule has 0 fully saturated rings. The van der Waals surface area contributed by atoms with Crippen LogP contribution < -0.4 is 4.72 Å². The summed E-state index contributed by atoms with van der Waals surface area (Å²) in [6.07, 6.45) is 1.55. The van der Waals surface area contributed by atoms with E-state index in [1.807, 2.05) is 47.8 Å². The van der Waals surface area contributed by atoms with E-state index in [2.05, 4.69) is 9.82 Å². The van der Waals surface area contributed by atoms with Crippen LogP contribution in [-0.4, -0.2) is 38.0 Å². The molecule has 1 unspecified atom stereocenters. The van der Waals surface area contributed by atoms with E-state index in [1.165, 1.54) is 18.4 Å². The third kappa shape index (κ3) is 3.98. The van der Waals surface area contributed by atoms with E-state index in [9.17, 15) is 8.42 Å². The summed E-state index contributed by atoms with van der Waals surface area (Å²) in [6.45, 7) is 2.05. The number of methoxy groups -OCH3 is 1. The Bertz CT molecular complexity index is 919. The average molecular weight is 377 g/mol. The number of ether oxygens (including phenoxy) is 1. The first-order valence-electron chi connectivity index (χ1n) is 7.71. The highest BCUT2D eigenvalue weighted by atomic mass is 32.2. The topological polar surface area (TPSA) is 73.2 Å². The Kier molecular flexibility index (Phi) is 5.33. The summed E-state index contributed by atoms with van der Waals surface area (Å²) in [5, 5.41) is 6.42. The van der Waals surface area contributed by atoms with E-state index in [-0.39, 0.29) is 10.9 Å². The van der Waals surface area contributed by atoms with Crippen LogP contribution in [0.2, 0.25) is 0 Å². The Morgan fingerprint density at radius 1 is 1.24 bits per heavy atom. The van der Waals surface area contributed by atoms with Crippen molar-refractivity contribution in [2.45, 2.75) is 17.9 Å². The second kappa shape index (κ2) is 7.49. The highest BCUT2D eigenvalue weighted by Gasteiger charge is 2.26. The summed E-state index contributed by atoms with van der Waals surface area (Å²) in [4.78, 5) is 0.955. The number of hydrogen-bond donors (Lipinski definition) is 1. The van der Waals surface area contributed by atoms with Gasteiger partial charge in [0.25, 0.3) is 0 Å². The molecule has 132 valence electrons. The molecule has 0 spiro atoms. The van der Waals surface area contributed by atoms with Crippen LogP contribution in [0.3, 0.4) is 0 Å². The minimum absolute atomic E-state index is 0.154. The maximum absolute atomic E-state index is 12.9. The molecule has 0 saturated carbocycles. The fourth-order valence-electron chi connectivity index (χ4n) is 2.46. The number of benzene rings is 1. The normalized spacial score (nSPS) is 13.0. The van der Waals surface area contributed by atoms with E-state index in [0.29, 0.717) is 12.3 Å². The molecule has 1 aromatic carbocycles. The van der Waals surface area contributed by atoms with Crippen LogP contribution in [0.5, 0.6) is 0 Å². The fourth-order valence-corrected chi connectivity index (χ4v) is 4.62. The van der Waals surface area contributed by atoms with E-state index >= 15 is 0 Å². The lowest BCUT2D eigenvalue weighted by atomic mass is 10.3. The van der Waals surface area contributed by atoms with E-state index < -0.39 is 10.0 Å². The first kappa shape index (κ1) is 17.8. The Morgan fingerprint density at radius 2 is 2.00 bits per heavy atom. The van der Waals surface area contributed by atoms with Crippen molar-refractivity contribution in [3.8, 4) is 16.3 Å². The smallest absolute Gasteiger partial charge is 0.244 e. The molecular formula is C17H19N3O3S2. The molecule has 0 amide bonds. The van der Waals surface area contributed by atoms with Crippen molar-refractivity contribution in [2.24, 2.45) is 0 Å². The number of nitrogens with zero attached hydrogens (tertiary/aromatic N) is 2. The van der Waals surface area contributed by atoms with Gasteiger partial charge in [-0.15, -0.1) is 11.3 Å². The second-order valence-corrected chi connectivity index (χ2v) is 8.21. The maximum Gasteiger partial charge on any atom is 0.244 e. The third-order valence-corrected chi connectivity index (χ3v) is 5.99. The van der Waals surface area contributed by atoms with Gasteiger partial charge in [-0.25, -0.2) is 17.8 Å². The summed E-state index contributed by atoms with van der Waals surface area (Å²) in [5.74, 6) is 0. The zero-order valence-corrected chi connectivity index (χ0v) is 15.5. The Balaban J connectivity index is 2.07. The number of aromatic nitrogens is 2. The lowest BCUT2D eigenvalue weighted by Gasteiger charge is -2.12. The zero-order chi connectivity index (χ0) is 17.9. The maximum atomic E-state index is 12.9. The van der Waals surface area contributed by atoms with Gasteiger partial charge in [-0.05, 0) is 30.5 Å². The van der Waals surface area contributed by atoms with Gasteiger partial charge in [0.05, 0.1) is 23.4 Å². The van der Waals surface area contributed by atoms with Gasteiger partial charge in [-0.1, -0.05) is 24.3 Å².